The molecule has 0 spiro atoms. The first-order valence-corrected chi connectivity index (χ1v) is 10.2. The Hall–Kier alpha value is -1.99. The number of anilines is 1. The monoisotopic (exact) mass is 420 g/mol. The number of nitrogens with zero attached hydrogens (tertiary/aromatic N) is 2. The van der Waals surface area contributed by atoms with Crippen LogP contribution in [0.4, 0.5) is 5.69 Å². The van der Waals surface area contributed by atoms with Crippen molar-refractivity contribution in [2.75, 3.05) is 58.5 Å². The zero-order valence-corrected chi connectivity index (χ0v) is 17.8. The Kier molecular flexibility index (Phi) is 8.00. The minimum absolute atomic E-state index is 0.273. The molecule has 1 atom stereocenters. The number of ether oxygens (including phenoxy) is 3. The molecule has 0 aromatic heterocycles. The van der Waals surface area contributed by atoms with E-state index >= 15 is 0 Å². The largest absolute Gasteiger partial charge is 0.497 e. The first-order valence-electron chi connectivity index (χ1n) is 9.78. The summed E-state index contributed by atoms with van der Waals surface area (Å²) in [5.74, 6) is 1.50. The van der Waals surface area contributed by atoms with Gasteiger partial charge in [0.15, 0.2) is 0 Å². The van der Waals surface area contributed by atoms with E-state index in [2.05, 4.69) is 15.9 Å². The van der Waals surface area contributed by atoms with Crippen LogP contribution in [0.3, 0.4) is 0 Å². The quantitative estimate of drug-likeness (QED) is 0.673. The molecule has 6 nitrogen and oxygen atoms in total. The molecule has 2 aromatic rings. The third kappa shape index (κ3) is 6.24. The molecule has 0 aliphatic carbocycles. The van der Waals surface area contributed by atoms with Gasteiger partial charge in [-0.25, -0.2) is 0 Å². The summed E-state index contributed by atoms with van der Waals surface area (Å²) in [6.45, 7) is 4.85. The van der Waals surface area contributed by atoms with Crippen molar-refractivity contribution in [3.8, 4) is 11.5 Å². The number of aliphatic hydroxyl groups is 1. The number of hydrogen-bond acceptors (Lipinski definition) is 6. The number of benzene rings is 2. The molecule has 1 N–H and O–H groups in total. The Morgan fingerprint density at radius 1 is 1.03 bits per heavy atom. The number of β-amino-alcohol motifs (C(OH)–C–C–N with tert-alkyl or cyclic N) is 1. The zero-order chi connectivity index (χ0) is 20.6. The van der Waals surface area contributed by atoms with E-state index in [1.807, 2.05) is 36.4 Å². The van der Waals surface area contributed by atoms with E-state index in [-0.39, 0.29) is 6.61 Å². The Labute approximate surface area is 177 Å². The number of hydrogen-bond donors (Lipinski definition) is 1. The molecule has 0 bridgehead atoms. The van der Waals surface area contributed by atoms with Crippen LogP contribution >= 0.6 is 11.6 Å². The van der Waals surface area contributed by atoms with Crippen molar-refractivity contribution < 1.29 is 19.3 Å². The fourth-order valence-corrected chi connectivity index (χ4v) is 3.70. The van der Waals surface area contributed by atoms with Gasteiger partial charge in [0.05, 0.1) is 33.5 Å². The number of methoxy groups -OCH3 is 2. The molecule has 7 heteroatoms. The average Bonchev–Trinajstić information content (AvgIpc) is 2.74. The molecule has 158 valence electrons. The van der Waals surface area contributed by atoms with Crippen LogP contribution in [-0.4, -0.2) is 69.7 Å². The van der Waals surface area contributed by atoms with E-state index < -0.39 is 6.10 Å². The molecule has 1 aliphatic rings. The first kappa shape index (κ1) is 21.7. The van der Waals surface area contributed by atoms with Crippen molar-refractivity contribution in [1.29, 1.82) is 0 Å². The lowest BCUT2D eigenvalue weighted by atomic mass is 10.2. The van der Waals surface area contributed by atoms with Gasteiger partial charge in [0.1, 0.15) is 11.5 Å². The van der Waals surface area contributed by atoms with Crippen LogP contribution in [0.25, 0.3) is 0 Å². The molecule has 3 rings (SSSR count). The highest BCUT2D eigenvalue weighted by Crippen LogP contribution is 2.25. The summed E-state index contributed by atoms with van der Waals surface area (Å²) in [6, 6.07) is 13.5. The van der Waals surface area contributed by atoms with E-state index in [1.54, 1.807) is 14.2 Å². The summed E-state index contributed by atoms with van der Waals surface area (Å²) in [6.07, 6.45) is -0.538. The molecule has 0 amide bonds. The zero-order valence-electron chi connectivity index (χ0n) is 17.0. The highest BCUT2D eigenvalue weighted by molar-refractivity contribution is 6.30. The summed E-state index contributed by atoms with van der Waals surface area (Å²) < 4.78 is 16.3. The van der Waals surface area contributed by atoms with Gasteiger partial charge >= 0.3 is 0 Å². The molecular weight excluding hydrogens is 392 g/mol. The summed E-state index contributed by atoms with van der Waals surface area (Å²) in [4.78, 5) is 4.58. The van der Waals surface area contributed by atoms with E-state index in [9.17, 15) is 5.11 Å². The Balaban J connectivity index is 1.41. The van der Waals surface area contributed by atoms with E-state index in [1.165, 1.54) is 0 Å². The maximum Gasteiger partial charge on any atom is 0.124 e. The average molecular weight is 421 g/mol. The molecule has 0 unspecified atom stereocenters. The topological polar surface area (TPSA) is 54.4 Å². The molecule has 29 heavy (non-hydrogen) atoms. The lowest BCUT2D eigenvalue weighted by Gasteiger charge is -2.37. The number of rotatable bonds is 9. The van der Waals surface area contributed by atoms with Crippen molar-refractivity contribution in [3.63, 3.8) is 0 Å². The molecule has 1 heterocycles. The fraction of sp³-hybridized carbons (Fsp3) is 0.455. The van der Waals surface area contributed by atoms with E-state index in [0.717, 1.165) is 54.0 Å². The van der Waals surface area contributed by atoms with Gasteiger partial charge in [0.25, 0.3) is 0 Å². The standard InChI is InChI=1S/C22H29ClN2O4/c1-27-21-6-7-22(28-2)17(12-21)15-29-16-20(26)14-24-8-10-25(11-9-24)19-5-3-4-18(23)13-19/h3-7,12-13,20,26H,8-11,14-16H2,1-2H3/t20-/m1/s1. The van der Waals surface area contributed by atoms with Crippen molar-refractivity contribution in [1.82, 2.24) is 4.90 Å². The number of aliphatic hydroxyl groups excluding tert-OH is 1. The second kappa shape index (κ2) is 10.7. The highest BCUT2D eigenvalue weighted by Gasteiger charge is 2.20. The molecule has 0 radical (unpaired) electrons. The van der Waals surface area contributed by atoms with Crippen LogP contribution in [0.1, 0.15) is 5.56 Å². The second-order valence-corrected chi connectivity index (χ2v) is 7.55. The van der Waals surface area contributed by atoms with E-state index in [0.29, 0.717) is 13.2 Å². The van der Waals surface area contributed by atoms with Gasteiger partial charge in [-0.05, 0) is 36.4 Å². The predicted molar refractivity (Wildman–Crippen MR) is 115 cm³/mol. The van der Waals surface area contributed by atoms with Crippen LogP contribution in [0.15, 0.2) is 42.5 Å². The molecule has 0 saturated carbocycles. The van der Waals surface area contributed by atoms with Crippen molar-refractivity contribution in [2.45, 2.75) is 12.7 Å². The maximum atomic E-state index is 10.4. The van der Waals surface area contributed by atoms with Gasteiger partial charge in [-0.3, -0.25) is 4.90 Å². The van der Waals surface area contributed by atoms with Crippen LogP contribution in [0, 0.1) is 0 Å². The van der Waals surface area contributed by atoms with E-state index in [4.69, 9.17) is 25.8 Å². The molecule has 1 aliphatic heterocycles. The molecule has 1 fully saturated rings. The SMILES string of the molecule is COc1ccc(OC)c(COC[C@H](O)CN2CCN(c3cccc(Cl)c3)CC2)c1. The Bertz CT molecular complexity index is 781. The van der Waals surface area contributed by atoms with Gasteiger partial charge in [0, 0.05) is 49.0 Å². The summed E-state index contributed by atoms with van der Waals surface area (Å²) in [5.41, 5.74) is 2.04. The van der Waals surface area contributed by atoms with Crippen molar-refractivity contribution in [2.24, 2.45) is 0 Å². The second-order valence-electron chi connectivity index (χ2n) is 7.11. The fourth-order valence-electron chi connectivity index (χ4n) is 3.51. The lowest BCUT2D eigenvalue weighted by Crippen LogP contribution is -2.49. The minimum atomic E-state index is -0.538. The summed E-state index contributed by atoms with van der Waals surface area (Å²) in [5, 5.41) is 11.1. The van der Waals surface area contributed by atoms with Crippen molar-refractivity contribution >= 4 is 17.3 Å². The number of piperazine rings is 1. The highest BCUT2D eigenvalue weighted by atomic mass is 35.5. The molecule has 2 aromatic carbocycles. The van der Waals surface area contributed by atoms with Gasteiger partial charge < -0.3 is 24.2 Å². The smallest absolute Gasteiger partial charge is 0.124 e. The third-order valence-corrected chi connectivity index (χ3v) is 5.31. The van der Waals surface area contributed by atoms with Crippen LogP contribution in [0.2, 0.25) is 5.02 Å². The normalized spacial score (nSPS) is 15.9. The van der Waals surface area contributed by atoms with Crippen LogP contribution in [0.5, 0.6) is 11.5 Å². The molecular formula is C22H29ClN2O4. The molecule has 1 saturated heterocycles. The predicted octanol–water partition coefficient (Wildman–Crippen LogP) is 3.06. The lowest BCUT2D eigenvalue weighted by molar-refractivity contribution is 0.00862. The first-order chi connectivity index (χ1) is 14.1. The Morgan fingerprint density at radius 3 is 2.52 bits per heavy atom. The van der Waals surface area contributed by atoms with Gasteiger partial charge in [-0.2, -0.15) is 0 Å². The summed E-state index contributed by atoms with van der Waals surface area (Å²) >= 11 is 6.09. The Morgan fingerprint density at radius 2 is 1.83 bits per heavy atom. The van der Waals surface area contributed by atoms with Gasteiger partial charge in [0.2, 0.25) is 0 Å². The number of halogens is 1. The maximum absolute atomic E-state index is 10.4. The van der Waals surface area contributed by atoms with Gasteiger partial charge in [-0.1, -0.05) is 17.7 Å². The van der Waals surface area contributed by atoms with Crippen molar-refractivity contribution in [3.05, 3.63) is 53.1 Å². The minimum Gasteiger partial charge on any atom is -0.497 e. The summed E-state index contributed by atoms with van der Waals surface area (Å²) in [7, 11) is 3.26. The van der Waals surface area contributed by atoms with Gasteiger partial charge in [-0.15, -0.1) is 0 Å². The van der Waals surface area contributed by atoms with Crippen LogP contribution < -0.4 is 14.4 Å². The third-order valence-electron chi connectivity index (χ3n) is 5.07. The van der Waals surface area contributed by atoms with Crippen LogP contribution in [-0.2, 0) is 11.3 Å².